The van der Waals surface area contributed by atoms with Crippen LogP contribution in [0.15, 0.2) is 0 Å². The molecular weight excluding hydrogens is 364 g/mol. The highest BCUT2D eigenvalue weighted by Crippen LogP contribution is 2.64. The van der Waals surface area contributed by atoms with Gasteiger partial charge < -0.3 is 0 Å². The van der Waals surface area contributed by atoms with Gasteiger partial charge in [0.25, 0.3) is 0 Å². The molecular formula is C13H21O7S3-. The molecule has 7 nitrogen and oxygen atoms in total. The molecule has 0 spiro atoms. The predicted octanol–water partition coefficient (Wildman–Crippen LogP) is 0.333. The van der Waals surface area contributed by atoms with Crippen molar-refractivity contribution in [3.63, 3.8) is 0 Å². The number of hydrogen-bond acceptors (Lipinski definition) is 7. The molecule has 2 unspecified atom stereocenters. The standard InChI is InChI=1S/C13H21O7S3/c1-12(2)9-5-6-13(12,10(14)7-9)8-23(19,20)11(21(3,15)16)22(4,17)18/h9H,5-8H2,1-4H3/q-1. The van der Waals surface area contributed by atoms with Crippen molar-refractivity contribution in [2.45, 2.75) is 33.1 Å². The lowest BCUT2D eigenvalue weighted by atomic mass is 9.70. The number of carbonyl (C=O) groups excluding carboxylic acids is 1. The molecule has 23 heavy (non-hydrogen) atoms. The van der Waals surface area contributed by atoms with E-state index in [0.29, 0.717) is 25.4 Å². The smallest absolute Gasteiger partial charge is 0.140 e. The van der Waals surface area contributed by atoms with Gasteiger partial charge in [-0.2, -0.15) is 0 Å². The first kappa shape index (κ1) is 18.9. The quantitative estimate of drug-likeness (QED) is 0.626. The normalized spacial score (nSPS) is 31.0. The van der Waals surface area contributed by atoms with E-state index in [4.69, 9.17) is 0 Å². The summed E-state index contributed by atoms with van der Waals surface area (Å²) in [6.07, 6.45) is 2.38. The van der Waals surface area contributed by atoms with Crippen LogP contribution in [0.25, 0.3) is 0 Å². The van der Waals surface area contributed by atoms with Crippen LogP contribution in [0, 0.1) is 20.7 Å². The number of fused-ring (bicyclic) bond motifs is 2. The van der Waals surface area contributed by atoms with Gasteiger partial charge in [-0.1, -0.05) is 13.8 Å². The lowest BCUT2D eigenvalue weighted by Gasteiger charge is -2.39. The summed E-state index contributed by atoms with van der Waals surface area (Å²) in [7, 11) is -13.6. The Bertz CT molecular complexity index is 817. The van der Waals surface area contributed by atoms with Gasteiger partial charge in [0.05, 0.1) is 29.5 Å². The Kier molecular flexibility index (Phi) is 4.11. The van der Waals surface area contributed by atoms with Gasteiger partial charge in [-0.3, -0.25) is 30.0 Å². The Morgan fingerprint density at radius 1 is 1.04 bits per heavy atom. The van der Waals surface area contributed by atoms with Crippen molar-refractivity contribution in [1.29, 1.82) is 0 Å². The molecule has 2 rings (SSSR count). The van der Waals surface area contributed by atoms with Gasteiger partial charge in [0, 0.05) is 34.0 Å². The number of sulfone groups is 3. The Morgan fingerprint density at radius 2 is 1.52 bits per heavy atom. The van der Waals surface area contributed by atoms with E-state index in [9.17, 15) is 30.0 Å². The third-order valence-electron chi connectivity index (χ3n) is 5.44. The van der Waals surface area contributed by atoms with Gasteiger partial charge in [0.2, 0.25) is 0 Å². The molecule has 0 heterocycles. The van der Waals surface area contributed by atoms with Crippen molar-refractivity contribution in [1.82, 2.24) is 0 Å². The Morgan fingerprint density at radius 3 is 1.83 bits per heavy atom. The maximum Gasteiger partial charge on any atom is 0.140 e. The minimum atomic E-state index is -4.65. The predicted molar refractivity (Wildman–Crippen MR) is 85.3 cm³/mol. The average molecular weight is 386 g/mol. The first-order valence-corrected chi connectivity index (χ1v) is 12.5. The van der Waals surface area contributed by atoms with E-state index in [1.165, 1.54) is 0 Å². The number of carbonyl (C=O) groups is 1. The number of ketones is 1. The second kappa shape index (κ2) is 5.01. The fourth-order valence-electron chi connectivity index (χ4n) is 4.23. The molecule has 0 aromatic heterocycles. The monoisotopic (exact) mass is 385 g/mol. The third-order valence-corrected chi connectivity index (χ3v) is 13.2. The van der Waals surface area contributed by atoms with Crippen LogP contribution in [0.3, 0.4) is 0 Å². The van der Waals surface area contributed by atoms with Gasteiger partial charge in [-0.25, -0.2) is 0 Å². The van der Waals surface area contributed by atoms with Crippen LogP contribution >= 0.6 is 0 Å². The number of hydrogen-bond donors (Lipinski definition) is 0. The van der Waals surface area contributed by atoms with Crippen molar-refractivity contribution < 1.29 is 30.0 Å². The molecule has 2 fully saturated rings. The summed E-state index contributed by atoms with van der Waals surface area (Å²) < 4.78 is 70.9. The zero-order valence-corrected chi connectivity index (χ0v) is 15.9. The largest absolute Gasteiger partial charge is 0.299 e. The molecule has 0 amide bonds. The van der Waals surface area contributed by atoms with Crippen molar-refractivity contribution in [3.05, 3.63) is 3.91 Å². The molecule has 134 valence electrons. The van der Waals surface area contributed by atoms with Crippen molar-refractivity contribution in [2.75, 3.05) is 18.3 Å². The number of Topliss-reactive ketones (excluding diaryl/α,β-unsaturated/α-hetero) is 1. The summed E-state index contributed by atoms with van der Waals surface area (Å²) in [5.41, 5.74) is -1.81. The van der Waals surface area contributed by atoms with Gasteiger partial charge in [0.1, 0.15) is 5.78 Å². The molecule has 0 N–H and O–H groups in total. The Hall–Kier alpha value is -0.480. The molecule has 2 saturated carbocycles. The average Bonchev–Trinajstić information content (AvgIpc) is 2.56. The highest BCUT2D eigenvalue weighted by molar-refractivity contribution is 8.28. The van der Waals surface area contributed by atoms with Crippen molar-refractivity contribution in [2.24, 2.45) is 16.7 Å². The van der Waals surface area contributed by atoms with E-state index >= 15 is 0 Å². The summed E-state index contributed by atoms with van der Waals surface area (Å²) >= 11 is 0. The third kappa shape index (κ3) is 2.76. The summed E-state index contributed by atoms with van der Waals surface area (Å²) in [6, 6.07) is 0. The van der Waals surface area contributed by atoms with Crippen molar-refractivity contribution >= 4 is 35.3 Å². The van der Waals surface area contributed by atoms with Gasteiger partial charge in [-0.05, 0) is 24.2 Å². The lowest BCUT2D eigenvalue weighted by Crippen LogP contribution is -2.45. The van der Waals surface area contributed by atoms with Crippen LogP contribution in [0.2, 0.25) is 0 Å². The lowest BCUT2D eigenvalue weighted by molar-refractivity contribution is -0.128. The van der Waals surface area contributed by atoms with Gasteiger partial charge in [0.15, 0.2) is 0 Å². The first-order valence-electron chi connectivity index (χ1n) is 7.09. The van der Waals surface area contributed by atoms with Crippen molar-refractivity contribution in [3.8, 4) is 0 Å². The molecule has 2 atom stereocenters. The molecule has 0 radical (unpaired) electrons. The molecule has 0 aliphatic heterocycles. The van der Waals surface area contributed by atoms with Crippen LogP contribution in [0.4, 0.5) is 0 Å². The molecule has 2 aliphatic rings. The summed E-state index contributed by atoms with van der Waals surface area (Å²) in [4.78, 5) is 12.4. The molecule has 0 aromatic rings. The summed E-state index contributed by atoms with van der Waals surface area (Å²) in [5, 5.41) is 0. The topological polar surface area (TPSA) is 119 Å². The van der Waals surface area contributed by atoms with Crippen LogP contribution in [0.1, 0.15) is 33.1 Å². The second-order valence-electron chi connectivity index (χ2n) is 7.22. The van der Waals surface area contributed by atoms with Crippen LogP contribution in [-0.4, -0.2) is 49.3 Å². The summed E-state index contributed by atoms with van der Waals surface area (Å²) in [5.74, 6) is -0.938. The van der Waals surface area contributed by atoms with Crippen LogP contribution in [0.5, 0.6) is 0 Å². The highest BCUT2D eigenvalue weighted by atomic mass is 32.3. The minimum Gasteiger partial charge on any atom is -0.299 e. The molecule has 0 saturated heterocycles. The minimum absolute atomic E-state index is 0.0464. The molecule has 2 aliphatic carbocycles. The van der Waals surface area contributed by atoms with Crippen LogP contribution < -0.4 is 0 Å². The van der Waals surface area contributed by atoms with Gasteiger partial charge in [-0.15, -0.1) is 0 Å². The van der Waals surface area contributed by atoms with E-state index in [-0.39, 0.29) is 18.1 Å². The van der Waals surface area contributed by atoms with E-state index < -0.39 is 50.0 Å². The fraction of sp³-hybridized carbons (Fsp3) is 0.846. The van der Waals surface area contributed by atoms with Crippen LogP contribution in [-0.2, 0) is 34.3 Å². The second-order valence-corrected chi connectivity index (χ2v) is 13.8. The highest BCUT2D eigenvalue weighted by Gasteiger charge is 2.65. The Labute approximate surface area is 137 Å². The maximum atomic E-state index is 12.6. The molecule has 10 heteroatoms. The zero-order chi connectivity index (χ0) is 18.1. The SMILES string of the molecule is CC1(C)C2CCC1(CS(=O)(=O)[C-](S(C)(=O)=O)S(C)(=O)=O)C(=O)C2. The van der Waals surface area contributed by atoms with E-state index in [0.717, 1.165) is 0 Å². The zero-order valence-electron chi connectivity index (χ0n) is 13.5. The molecule has 2 bridgehead atoms. The Balaban J connectivity index is 2.56. The van der Waals surface area contributed by atoms with Gasteiger partial charge >= 0.3 is 0 Å². The summed E-state index contributed by atoms with van der Waals surface area (Å²) in [6.45, 7) is 3.59. The molecule has 0 aromatic carbocycles. The fourth-order valence-corrected chi connectivity index (χ4v) is 11.9. The number of rotatable bonds is 5. The van der Waals surface area contributed by atoms with E-state index in [2.05, 4.69) is 0 Å². The van der Waals surface area contributed by atoms with E-state index in [1.54, 1.807) is 13.8 Å². The maximum absolute atomic E-state index is 12.6. The first-order chi connectivity index (χ1) is 10.1. The van der Waals surface area contributed by atoms with E-state index in [1.807, 2.05) is 0 Å².